The first-order valence-corrected chi connectivity index (χ1v) is 9.08. The predicted molar refractivity (Wildman–Crippen MR) is 86.3 cm³/mol. The van der Waals surface area contributed by atoms with E-state index in [9.17, 15) is 13.2 Å². The molecule has 8 nitrogen and oxygen atoms in total. The van der Waals surface area contributed by atoms with Gasteiger partial charge >= 0.3 is 0 Å². The number of aryl methyl sites for hydroxylation is 2. The summed E-state index contributed by atoms with van der Waals surface area (Å²) in [7, 11) is -3.90. The number of amides is 1. The standard InChI is InChI=1S/C14H26N4O4S/c1-6-14(7-2,8-15)16-13(19)10(4)18-23(20,21)12-9(3)17-22-11(12)5/h10,18H,6-8,15H2,1-5H3,(H,16,19). The maximum Gasteiger partial charge on any atom is 0.246 e. The van der Waals surface area contributed by atoms with E-state index in [0.29, 0.717) is 12.8 Å². The molecule has 1 heterocycles. The molecule has 9 heteroatoms. The number of carbonyl (C=O) groups is 1. The summed E-state index contributed by atoms with van der Waals surface area (Å²) in [5.74, 6) is -0.240. The summed E-state index contributed by atoms with van der Waals surface area (Å²) < 4.78 is 32.0. The van der Waals surface area contributed by atoms with Crippen LogP contribution in [0, 0.1) is 13.8 Å². The van der Waals surface area contributed by atoms with Crippen molar-refractivity contribution in [2.75, 3.05) is 6.54 Å². The van der Waals surface area contributed by atoms with Crippen LogP contribution >= 0.6 is 0 Å². The average Bonchev–Trinajstić information content (AvgIpc) is 2.84. The molecule has 0 aromatic carbocycles. The van der Waals surface area contributed by atoms with E-state index in [1.807, 2.05) is 13.8 Å². The highest BCUT2D eigenvalue weighted by Gasteiger charge is 2.32. The normalized spacial score (nSPS) is 13.8. The number of rotatable bonds is 8. The topological polar surface area (TPSA) is 127 Å². The third-order valence-electron chi connectivity index (χ3n) is 4.09. The van der Waals surface area contributed by atoms with Crippen LogP contribution in [0.3, 0.4) is 0 Å². The Hall–Kier alpha value is -1.45. The lowest BCUT2D eigenvalue weighted by Gasteiger charge is -2.32. The van der Waals surface area contributed by atoms with Crippen molar-refractivity contribution in [3.05, 3.63) is 11.5 Å². The molecule has 23 heavy (non-hydrogen) atoms. The molecule has 0 spiro atoms. The van der Waals surface area contributed by atoms with Gasteiger partial charge < -0.3 is 15.6 Å². The highest BCUT2D eigenvalue weighted by Crippen LogP contribution is 2.19. The Bertz CT molecular complexity index is 622. The van der Waals surface area contributed by atoms with Crippen molar-refractivity contribution < 1.29 is 17.7 Å². The number of hydrogen-bond acceptors (Lipinski definition) is 6. The molecule has 0 aliphatic rings. The Kier molecular flexibility index (Phi) is 6.32. The maximum absolute atomic E-state index is 12.4. The zero-order valence-corrected chi connectivity index (χ0v) is 15.1. The molecule has 0 saturated carbocycles. The lowest BCUT2D eigenvalue weighted by Crippen LogP contribution is -2.57. The monoisotopic (exact) mass is 346 g/mol. The number of nitrogens with one attached hydrogen (secondary N) is 2. The minimum absolute atomic E-state index is 0.0341. The van der Waals surface area contributed by atoms with E-state index in [0.717, 1.165) is 0 Å². The minimum Gasteiger partial charge on any atom is -0.360 e. The van der Waals surface area contributed by atoms with Gasteiger partial charge in [0.25, 0.3) is 0 Å². The first-order valence-electron chi connectivity index (χ1n) is 7.59. The lowest BCUT2D eigenvalue weighted by atomic mass is 9.92. The van der Waals surface area contributed by atoms with Crippen LogP contribution in [0.5, 0.6) is 0 Å². The van der Waals surface area contributed by atoms with Gasteiger partial charge in [-0.15, -0.1) is 0 Å². The van der Waals surface area contributed by atoms with Crippen molar-refractivity contribution in [2.45, 2.75) is 63.9 Å². The lowest BCUT2D eigenvalue weighted by molar-refractivity contribution is -0.124. The van der Waals surface area contributed by atoms with Gasteiger partial charge in [-0.3, -0.25) is 4.79 Å². The first-order chi connectivity index (χ1) is 10.6. The fourth-order valence-electron chi connectivity index (χ4n) is 2.34. The van der Waals surface area contributed by atoms with Crippen molar-refractivity contribution in [1.29, 1.82) is 0 Å². The Labute approximate surface area is 137 Å². The molecule has 1 aromatic rings. The highest BCUT2D eigenvalue weighted by atomic mass is 32.2. The third-order valence-corrected chi connectivity index (χ3v) is 5.88. The first kappa shape index (κ1) is 19.6. The van der Waals surface area contributed by atoms with E-state index in [1.54, 1.807) is 0 Å². The van der Waals surface area contributed by atoms with Crippen molar-refractivity contribution in [1.82, 2.24) is 15.2 Å². The van der Waals surface area contributed by atoms with Gasteiger partial charge in [-0.25, -0.2) is 8.42 Å². The number of nitrogens with two attached hydrogens (primary N) is 1. The van der Waals surface area contributed by atoms with Gasteiger partial charge in [0.05, 0.1) is 11.6 Å². The van der Waals surface area contributed by atoms with E-state index in [2.05, 4.69) is 15.2 Å². The van der Waals surface area contributed by atoms with Gasteiger partial charge in [-0.2, -0.15) is 4.72 Å². The van der Waals surface area contributed by atoms with Gasteiger partial charge in [0.2, 0.25) is 15.9 Å². The van der Waals surface area contributed by atoms with Gasteiger partial charge in [0.1, 0.15) is 10.6 Å². The molecule has 1 aromatic heterocycles. The Morgan fingerprint density at radius 3 is 2.30 bits per heavy atom. The SMILES string of the molecule is CCC(CC)(CN)NC(=O)C(C)NS(=O)(=O)c1c(C)noc1C. The molecule has 0 radical (unpaired) electrons. The van der Waals surface area contributed by atoms with Crippen LogP contribution in [0.4, 0.5) is 0 Å². The van der Waals surface area contributed by atoms with Crippen molar-refractivity contribution in [3.63, 3.8) is 0 Å². The maximum atomic E-state index is 12.4. The smallest absolute Gasteiger partial charge is 0.246 e. The Balaban J connectivity index is 2.91. The molecule has 0 aliphatic carbocycles. The molecular weight excluding hydrogens is 320 g/mol. The van der Waals surface area contributed by atoms with Crippen molar-refractivity contribution in [2.24, 2.45) is 5.73 Å². The second-order valence-electron chi connectivity index (χ2n) is 5.68. The van der Waals surface area contributed by atoms with Crippen LogP contribution in [0.1, 0.15) is 45.1 Å². The summed E-state index contributed by atoms with van der Waals surface area (Å²) in [6.07, 6.45) is 1.32. The predicted octanol–water partition coefficient (Wildman–Crippen LogP) is 0.592. The molecule has 1 rings (SSSR count). The van der Waals surface area contributed by atoms with Crippen molar-refractivity contribution >= 4 is 15.9 Å². The van der Waals surface area contributed by atoms with Crippen LogP contribution in [-0.4, -0.2) is 37.6 Å². The van der Waals surface area contributed by atoms with Crippen LogP contribution < -0.4 is 15.8 Å². The van der Waals surface area contributed by atoms with E-state index >= 15 is 0 Å². The summed E-state index contributed by atoms with van der Waals surface area (Å²) in [5.41, 5.74) is 5.47. The summed E-state index contributed by atoms with van der Waals surface area (Å²) in [4.78, 5) is 12.3. The summed E-state index contributed by atoms with van der Waals surface area (Å²) in [5, 5.41) is 6.47. The van der Waals surface area contributed by atoms with E-state index in [1.165, 1.54) is 20.8 Å². The van der Waals surface area contributed by atoms with E-state index < -0.39 is 27.5 Å². The highest BCUT2D eigenvalue weighted by molar-refractivity contribution is 7.89. The Morgan fingerprint density at radius 1 is 1.35 bits per heavy atom. The molecule has 0 bridgehead atoms. The quantitative estimate of drug-likeness (QED) is 0.632. The van der Waals surface area contributed by atoms with E-state index in [-0.39, 0.29) is 22.9 Å². The zero-order chi connectivity index (χ0) is 17.8. The Morgan fingerprint density at radius 2 is 1.91 bits per heavy atom. The number of carbonyl (C=O) groups excluding carboxylic acids is 1. The summed E-state index contributed by atoms with van der Waals surface area (Å²) in [6.45, 7) is 8.66. The molecule has 1 unspecified atom stereocenters. The fraction of sp³-hybridized carbons (Fsp3) is 0.714. The number of nitrogens with zero attached hydrogens (tertiary/aromatic N) is 1. The van der Waals surface area contributed by atoms with Crippen LogP contribution in [0.15, 0.2) is 9.42 Å². The molecule has 1 amide bonds. The van der Waals surface area contributed by atoms with Crippen molar-refractivity contribution in [3.8, 4) is 0 Å². The van der Waals surface area contributed by atoms with Crippen LogP contribution in [-0.2, 0) is 14.8 Å². The van der Waals surface area contributed by atoms with Crippen LogP contribution in [0.25, 0.3) is 0 Å². The molecule has 0 aliphatic heterocycles. The number of sulfonamides is 1. The number of hydrogen-bond donors (Lipinski definition) is 3. The molecule has 0 saturated heterocycles. The van der Waals surface area contributed by atoms with E-state index in [4.69, 9.17) is 10.3 Å². The largest absolute Gasteiger partial charge is 0.360 e. The summed E-state index contributed by atoms with van der Waals surface area (Å²) >= 11 is 0. The summed E-state index contributed by atoms with van der Waals surface area (Å²) in [6, 6.07) is -0.947. The average molecular weight is 346 g/mol. The third kappa shape index (κ3) is 4.30. The fourth-order valence-corrected chi connectivity index (χ4v) is 3.87. The minimum atomic E-state index is -3.90. The zero-order valence-electron chi connectivity index (χ0n) is 14.3. The van der Waals surface area contributed by atoms with Gasteiger partial charge in [-0.1, -0.05) is 19.0 Å². The molecule has 0 fully saturated rings. The molecular formula is C14H26N4O4S. The molecule has 132 valence electrons. The molecule has 4 N–H and O–H groups in total. The van der Waals surface area contributed by atoms with Gasteiger partial charge in [-0.05, 0) is 33.6 Å². The van der Waals surface area contributed by atoms with Gasteiger partial charge in [0.15, 0.2) is 5.76 Å². The number of aromatic nitrogens is 1. The van der Waals surface area contributed by atoms with Crippen LogP contribution in [0.2, 0.25) is 0 Å². The van der Waals surface area contributed by atoms with Gasteiger partial charge in [0, 0.05) is 6.54 Å². The molecule has 1 atom stereocenters. The second kappa shape index (κ2) is 7.41. The second-order valence-corrected chi connectivity index (χ2v) is 7.33.